The molecule has 11 heteroatoms. The predicted octanol–water partition coefficient (Wildman–Crippen LogP) is 4.91. The number of methoxy groups -OCH3 is 1. The summed E-state index contributed by atoms with van der Waals surface area (Å²) in [6, 6.07) is 12.3. The molecule has 0 amide bonds. The highest BCUT2D eigenvalue weighted by molar-refractivity contribution is 8.07. The van der Waals surface area contributed by atoms with Crippen LogP contribution in [-0.2, 0) is 11.9 Å². The van der Waals surface area contributed by atoms with Crippen molar-refractivity contribution in [3.63, 3.8) is 0 Å². The van der Waals surface area contributed by atoms with Crippen LogP contribution in [-0.4, -0.2) is 69.3 Å². The number of rotatable bonds is 9. The highest BCUT2D eigenvalue weighted by Crippen LogP contribution is 2.42. The smallest absolute Gasteiger partial charge is 0.146 e. The molecule has 1 fully saturated rings. The molecule has 10 nitrogen and oxygen atoms in total. The van der Waals surface area contributed by atoms with E-state index in [1.54, 1.807) is 18.9 Å². The highest BCUT2D eigenvalue weighted by Gasteiger charge is 2.23. The van der Waals surface area contributed by atoms with Crippen LogP contribution in [0.3, 0.4) is 0 Å². The van der Waals surface area contributed by atoms with Gasteiger partial charge in [-0.1, -0.05) is 42.1 Å². The van der Waals surface area contributed by atoms with Gasteiger partial charge in [-0.25, -0.2) is 4.99 Å². The van der Waals surface area contributed by atoms with Crippen molar-refractivity contribution in [2.75, 3.05) is 57.7 Å². The average Bonchev–Trinajstić information content (AvgIpc) is 3.60. The number of aryl methyl sites for hydroxylation is 1. The molecule has 41 heavy (non-hydrogen) atoms. The minimum atomic E-state index is 0.676. The monoisotopic (exact) mass is 574 g/mol. The van der Waals surface area contributed by atoms with E-state index in [1.807, 2.05) is 42.8 Å². The molecule has 1 saturated heterocycles. The van der Waals surface area contributed by atoms with Crippen LogP contribution in [0.4, 0.5) is 17.1 Å². The number of ether oxygens (including phenoxy) is 1. The van der Waals surface area contributed by atoms with Crippen LogP contribution in [0.25, 0.3) is 16.6 Å². The third-order valence-corrected chi connectivity index (χ3v) is 7.79. The van der Waals surface area contributed by atoms with E-state index in [1.165, 1.54) is 13.3 Å². The molecular weight excluding hydrogens is 536 g/mol. The summed E-state index contributed by atoms with van der Waals surface area (Å²) in [6.07, 6.45) is 5.41. The molecule has 0 saturated carbocycles. The fourth-order valence-electron chi connectivity index (χ4n) is 4.85. The van der Waals surface area contributed by atoms with Crippen molar-refractivity contribution in [1.82, 2.24) is 15.1 Å². The number of piperazine rings is 1. The van der Waals surface area contributed by atoms with Gasteiger partial charge < -0.3 is 29.7 Å². The second-order valence-electron chi connectivity index (χ2n) is 9.27. The lowest BCUT2D eigenvalue weighted by atomic mass is 10.1. The number of nitrogens with two attached hydrogens (primary N) is 1. The third-order valence-electron chi connectivity index (χ3n) is 6.88. The fraction of sp³-hybridized carbons (Fsp3) is 0.267. The molecule has 0 unspecified atom stereocenters. The van der Waals surface area contributed by atoms with Gasteiger partial charge in [0, 0.05) is 62.0 Å². The number of para-hydroxylation sites is 1. The van der Waals surface area contributed by atoms with Gasteiger partial charge in [0.05, 0.1) is 34.8 Å². The van der Waals surface area contributed by atoms with Crippen LogP contribution >= 0.6 is 11.8 Å². The first-order valence-corrected chi connectivity index (χ1v) is 14.1. The lowest BCUT2D eigenvalue weighted by Crippen LogP contribution is -2.44. The summed E-state index contributed by atoms with van der Waals surface area (Å²) in [5.74, 6) is 0.676. The molecule has 216 valence electrons. The number of aromatic nitrogens is 1. The van der Waals surface area contributed by atoms with Crippen LogP contribution in [0.15, 0.2) is 81.8 Å². The maximum absolute atomic E-state index is 5.83. The zero-order valence-corrected chi connectivity index (χ0v) is 24.9. The summed E-state index contributed by atoms with van der Waals surface area (Å²) in [5, 5.41) is 3.14. The van der Waals surface area contributed by atoms with Crippen LogP contribution in [0.5, 0.6) is 5.75 Å². The van der Waals surface area contributed by atoms with Crippen molar-refractivity contribution in [1.29, 1.82) is 0 Å². The van der Waals surface area contributed by atoms with Gasteiger partial charge in [0.15, 0.2) is 0 Å². The molecule has 2 aliphatic rings. The molecular formula is C30H38N8O2S. The number of likely N-dealkylation sites (N-methyl/N-ethyl adjacent to an activating group) is 1. The summed E-state index contributed by atoms with van der Waals surface area (Å²) >= 11 is 1.59. The fourth-order valence-corrected chi connectivity index (χ4v) is 5.70. The third kappa shape index (κ3) is 6.49. The van der Waals surface area contributed by atoms with Gasteiger partial charge in [-0.05, 0) is 44.4 Å². The topological polar surface area (TPSA) is 105 Å². The van der Waals surface area contributed by atoms with Gasteiger partial charge in [-0.2, -0.15) is 0 Å². The summed E-state index contributed by atoms with van der Waals surface area (Å²) < 4.78 is 7.94. The number of thioether (sulfide) groups is 1. The minimum Gasteiger partial charge on any atom is -0.494 e. The molecule has 3 aromatic rings. The van der Waals surface area contributed by atoms with Gasteiger partial charge >= 0.3 is 0 Å². The quantitative estimate of drug-likeness (QED) is 0.143. The molecule has 5 rings (SSSR count). The molecule has 0 bridgehead atoms. The van der Waals surface area contributed by atoms with E-state index >= 15 is 0 Å². The maximum Gasteiger partial charge on any atom is 0.146 e. The second kappa shape index (κ2) is 14.0. The van der Waals surface area contributed by atoms with Crippen molar-refractivity contribution >= 4 is 57.9 Å². The Labute approximate surface area is 245 Å². The Balaban J connectivity index is 0.00000189. The summed E-state index contributed by atoms with van der Waals surface area (Å²) in [5.41, 5.74) is 16.6. The number of hydrogen-bond acceptors (Lipinski definition) is 10. The Morgan fingerprint density at radius 3 is 2.59 bits per heavy atom. The second-order valence-corrected chi connectivity index (χ2v) is 10.2. The van der Waals surface area contributed by atoms with Gasteiger partial charge in [0.1, 0.15) is 17.7 Å². The van der Waals surface area contributed by atoms with Gasteiger partial charge in [0.25, 0.3) is 0 Å². The minimum absolute atomic E-state index is 0.676. The van der Waals surface area contributed by atoms with Gasteiger partial charge in [-0.15, -0.1) is 0 Å². The number of nitrogens with one attached hydrogen (secondary N) is 2. The molecule has 0 atom stereocenters. The van der Waals surface area contributed by atoms with Crippen molar-refractivity contribution < 1.29 is 9.57 Å². The lowest BCUT2D eigenvalue weighted by molar-refractivity contribution is 0.158. The summed E-state index contributed by atoms with van der Waals surface area (Å²) in [7, 11) is 7.35. The number of hydrazine groups is 1. The van der Waals surface area contributed by atoms with E-state index in [9.17, 15) is 0 Å². The first-order valence-electron chi connectivity index (χ1n) is 13.2. The molecule has 0 radical (unpaired) electrons. The molecule has 2 aliphatic heterocycles. The van der Waals surface area contributed by atoms with Crippen molar-refractivity contribution in [3.8, 4) is 5.75 Å². The van der Waals surface area contributed by atoms with E-state index in [0.717, 1.165) is 70.3 Å². The number of allylic oxidation sites excluding steroid dienone is 2. The van der Waals surface area contributed by atoms with Crippen LogP contribution in [0, 0.1) is 0 Å². The predicted molar refractivity (Wildman–Crippen MR) is 174 cm³/mol. The normalized spacial score (nSPS) is 17.3. The Morgan fingerprint density at radius 2 is 1.88 bits per heavy atom. The van der Waals surface area contributed by atoms with E-state index in [2.05, 4.69) is 74.8 Å². The number of benzene rings is 2. The zero-order valence-electron chi connectivity index (χ0n) is 24.1. The first-order chi connectivity index (χ1) is 20.0. The number of aliphatic imine (C=N–C) groups is 2. The van der Waals surface area contributed by atoms with Gasteiger partial charge in [-0.3, -0.25) is 10.4 Å². The van der Waals surface area contributed by atoms with E-state index in [0.29, 0.717) is 11.4 Å². The van der Waals surface area contributed by atoms with Gasteiger partial charge in [0.2, 0.25) is 0 Å². The summed E-state index contributed by atoms with van der Waals surface area (Å²) in [6.45, 7) is 11.3. The SMILES string of the molecule is C=CONNc1cc(N=C2C=CS/C2=C(/N=C)c2cn(C)c3ccccc23)c(OC)cc1N1CCN(C)CC1.CN. The molecule has 0 spiro atoms. The molecule has 2 aromatic carbocycles. The lowest BCUT2D eigenvalue weighted by Gasteiger charge is -2.35. The Hall–Kier alpha value is -4.03. The molecule has 4 N–H and O–H groups in total. The van der Waals surface area contributed by atoms with Crippen molar-refractivity contribution in [2.24, 2.45) is 22.8 Å². The molecule has 1 aromatic heterocycles. The van der Waals surface area contributed by atoms with Crippen LogP contribution in [0.2, 0.25) is 0 Å². The Kier molecular flexibility index (Phi) is 10.3. The van der Waals surface area contributed by atoms with E-state index < -0.39 is 0 Å². The standard InChI is InChI=1S/C29H33N7O2S.CH5N/c1-6-38-33-32-23-17-24(27(37-5)18-26(23)36-14-12-34(3)13-15-36)31-22-11-16-39-29(22)28(30-2)21-19-35(4)25-10-8-7-9-20(21)25;1-2/h6-11,16-19,32-33H,1-2,12-15H2,3-5H3;2H2,1H3/b29-28+,31-22?;. The molecule has 3 heterocycles. The van der Waals surface area contributed by atoms with Crippen LogP contribution in [0.1, 0.15) is 5.56 Å². The first kappa shape index (κ1) is 29.9. The largest absolute Gasteiger partial charge is 0.494 e. The molecule has 0 aliphatic carbocycles. The number of nitrogens with zero attached hydrogens (tertiary/aromatic N) is 5. The number of anilines is 2. The van der Waals surface area contributed by atoms with Crippen molar-refractivity contribution in [3.05, 3.63) is 77.4 Å². The number of hydrogen-bond donors (Lipinski definition) is 3. The maximum atomic E-state index is 5.83. The average molecular weight is 575 g/mol. The van der Waals surface area contributed by atoms with Crippen LogP contribution < -0.4 is 26.4 Å². The van der Waals surface area contributed by atoms with Crippen molar-refractivity contribution in [2.45, 2.75) is 0 Å². The summed E-state index contributed by atoms with van der Waals surface area (Å²) in [4.78, 5) is 20.3. The Bertz CT molecular complexity index is 1490. The zero-order chi connectivity index (χ0) is 29.4. The van der Waals surface area contributed by atoms with E-state index in [-0.39, 0.29) is 0 Å². The number of fused-ring (bicyclic) bond motifs is 1. The Morgan fingerprint density at radius 1 is 1.12 bits per heavy atom. The highest BCUT2D eigenvalue weighted by atomic mass is 32.2. The van der Waals surface area contributed by atoms with E-state index in [4.69, 9.17) is 14.6 Å².